The average molecular weight is 274 g/mol. The summed E-state index contributed by atoms with van der Waals surface area (Å²) >= 11 is 0. The molecule has 0 radical (unpaired) electrons. The van der Waals surface area contributed by atoms with E-state index < -0.39 is 29.6 Å². The Balaban J connectivity index is 0.00000256. The second-order valence-electron chi connectivity index (χ2n) is 3.05. The van der Waals surface area contributed by atoms with Crippen molar-refractivity contribution in [2.45, 2.75) is 12.2 Å². The van der Waals surface area contributed by atoms with Crippen LogP contribution in [0.3, 0.4) is 0 Å². The van der Waals surface area contributed by atoms with Gasteiger partial charge in [-0.1, -0.05) is 6.07 Å². The average Bonchev–Trinajstić information content (AvgIpc) is 2.14. The molecular formula is C9H8ClF4NO2. The molecule has 0 aliphatic carbocycles. The lowest BCUT2D eigenvalue weighted by Crippen LogP contribution is -2.21. The van der Waals surface area contributed by atoms with Crippen molar-refractivity contribution in [3.63, 3.8) is 0 Å². The molecule has 1 atom stereocenters. The van der Waals surface area contributed by atoms with Crippen molar-refractivity contribution in [3.8, 4) is 0 Å². The third-order valence-corrected chi connectivity index (χ3v) is 1.92. The number of nitrogens with two attached hydrogens (primary N) is 1. The molecule has 0 saturated carbocycles. The maximum atomic E-state index is 13.0. The highest BCUT2D eigenvalue weighted by molar-refractivity contribution is 5.85. The number of benzene rings is 1. The quantitative estimate of drug-likeness (QED) is 0.813. The van der Waals surface area contributed by atoms with Gasteiger partial charge >= 0.3 is 12.1 Å². The zero-order valence-electron chi connectivity index (χ0n) is 8.16. The molecule has 17 heavy (non-hydrogen) atoms. The molecule has 0 heterocycles. The van der Waals surface area contributed by atoms with Crippen molar-refractivity contribution < 1.29 is 27.5 Å². The minimum atomic E-state index is -4.81. The number of carboxylic acids is 1. The first-order valence-electron chi connectivity index (χ1n) is 4.08. The summed E-state index contributed by atoms with van der Waals surface area (Å²) in [4.78, 5) is 10.4. The summed E-state index contributed by atoms with van der Waals surface area (Å²) in [7, 11) is 0. The Morgan fingerprint density at radius 1 is 1.35 bits per heavy atom. The zero-order valence-corrected chi connectivity index (χ0v) is 8.98. The van der Waals surface area contributed by atoms with E-state index in [1.807, 2.05) is 0 Å². The summed E-state index contributed by atoms with van der Waals surface area (Å²) in [6.07, 6.45) is -4.81. The van der Waals surface area contributed by atoms with E-state index in [1.54, 1.807) is 0 Å². The number of halogens is 5. The highest BCUT2D eigenvalue weighted by atomic mass is 35.5. The van der Waals surface area contributed by atoms with Crippen LogP contribution < -0.4 is 5.73 Å². The van der Waals surface area contributed by atoms with E-state index in [2.05, 4.69) is 0 Å². The van der Waals surface area contributed by atoms with Gasteiger partial charge in [-0.05, 0) is 17.7 Å². The van der Waals surface area contributed by atoms with Crippen molar-refractivity contribution in [3.05, 3.63) is 35.1 Å². The van der Waals surface area contributed by atoms with Gasteiger partial charge in [0.25, 0.3) is 0 Å². The van der Waals surface area contributed by atoms with Gasteiger partial charge in [0.2, 0.25) is 0 Å². The number of carboxylic acid groups (broad SMARTS) is 1. The highest BCUT2D eigenvalue weighted by Crippen LogP contribution is 2.32. The van der Waals surface area contributed by atoms with E-state index in [4.69, 9.17) is 10.8 Å². The molecule has 0 aromatic heterocycles. The van der Waals surface area contributed by atoms with E-state index in [0.29, 0.717) is 12.1 Å². The van der Waals surface area contributed by atoms with Crippen LogP contribution in [-0.2, 0) is 11.0 Å². The zero-order chi connectivity index (χ0) is 12.5. The lowest BCUT2D eigenvalue weighted by atomic mass is 10.0. The number of rotatable bonds is 2. The van der Waals surface area contributed by atoms with Crippen LogP contribution in [0.2, 0.25) is 0 Å². The fraction of sp³-hybridized carbons (Fsp3) is 0.222. The molecule has 0 aliphatic rings. The van der Waals surface area contributed by atoms with Crippen molar-refractivity contribution >= 4 is 18.4 Å². The molecule has 0 amide bonds. The summed E-state index contributed by atoms with van der Waals surface area (Å²) < 4.78 is 49.5. The van der Waals surface area contributed by atoms with Gasteiger partial charge in [0, 0.05) is 0 Å². The maximum Gasteiger partial charge on any atom is 0.419 e. The second kappa shape index (κ2) is 5.33. The topological polar surface area (TPSA) is 63.3 Å². The summed E-state index contributed by atoms with van der Waals surface area (Å²) in [5, 5.41) is 8.49. The first-order valence-corrected chi connectivity index (χ1v) is 4.08. The normalized spacial score (nSPS) is 12.8. The van der Waals surface area contributed by atoms with E-state index in [-0.39, 0.29) is 18.0 Å². The molecule has 0 fully saturated rings. The van der Waals surface area contributed by atoms with E-state index in [9.17, 15) is 22.4 Å². The smallest absolute Gasteiger partial charge is 0.419 e. The molecule has 0 saturated heterocycles. The number of hydrogen-bond acceptors (Lipinski definition) is 2. The predicted octanol–water partition coefficient (Wildman–Crippen LogP) is 2.35. The molecule has 1 aromatic carbocycles. The molecule has 3 N–H and O–H groups in total. The van der Waals surface area contributed by atoms with Crippen molar-refractivity contribution in [2.75, 3.05) is 0 Å². The lowest BCUT2D eigenvalue weighted by molar-refractivity contribution is -0.140. The Hall–Kier alpha value is -1.34. The predicted molar refractivity (Wildman–Crippen MR) is 53.2 cm³/mol. The third kappa shape index (κ3) is 3.57. The van der Waals surface area contributed by atoms with Crippen LogP contribution in [0.5, 0.6) is 0 Å². The third-order valence-electron chi connectivity index (χ3n) is 1.92. The minimum Gasteiger partial charge on any atom is -0.480 e. The van der Waals surface area contributed by atoms with E-state index in [1.165, 1.54) is 0 Å². The van der Waals surface area contributed by atoms with Crippen molar-refractivity contribution in [2.24, 2.45) is 5.73 Å². The first kappa shape index (κ1) is 15.7. The summed E-state index contributed by atoms with van der Waals surface area (Å²) in [6, 6.07) is 0.233. The Morgan fingerprint density at radius 3 is 2.24 bits per heavy atom. The van der Waals surface area contributed by atoms with Gasteiger partial charge < -0.3 is 10.8 Å². The maximum absolute atomic E-state index is 13.0. The molecule has 1 aromatic rings. The monoisotopic (exact) mass is 273 g/mol. The fourth-order valence-corrected chi connectivity index (χ4v) is 1.10. The number of aliphatic carboxylic acids is 1. The molecule has 96 valence electrons. The Kier molecular flexibility index (Phi) is 4.91. The minimum absolute atomic E-state index is 0. The Bertz CT molecular complexity index is 422. The SMILES string of the molecule is Cl.NC(C(=O)O)c1ccc(C(F)(F)F)c(F)c1. The van der Waals surface area contributed by atoms with Crippen LogP contribution in [0.1, 0.15) is 17.2 Å². The van der Waals surface area contributed by atoms with Crippen LogP contribution in [0, 0.1) is 5.82 Å². The number of carbonyl (C=O) groups is 1. The van der Waals surface area contributed by atoms with Crippen LogP contribution in [0.15, 0.2) is 18.2 Å². The molecule has 3 nitrogen and oxygen atoms in total. The molecule has 8 heteroatoms. The van der Waals surface area contributed by atoms with Gasteiger partial charge in [-0.15, -0.1) is 12.4 Å². The summed E-state index contributed by atoms with van der Waals surface area (Å²) in [5.41, 5.74) is 3.44. The summed E-state index contributed by atoms with van der Waals surface area (Å²) in [5.74, 6) is -2.99. The molecular weight excluding hydrogens is 266 g/mol. The molecule has 0 aliphatic heterocycles. The van der Waals surface area contributed by atoms with Crippen LogP contribution in [0.4, 0.5) is 17.6 Å². The molecule has 1 unspecified atom stereocenters. The number of hydrogen-bond donors (Lipinski definition) is 2. The van der Waals surface area contributed by atoms with Gasteiger partial charge in [0.15, 0.2) is 0 Å². The number of alkyl halides is 3. The van der Waals surface area contributed by atoms with E-state index in [0.717, 1.165) is 6.07 Å². The molecule has 0 bridgehead atoms. The lowest BCUT2D eigenvalue weighted by Gasteiger charge is -2.11. The standard InChI is InChI=1S/C9H7F4NO2.ClH/c10-6-3-4(7(14)8(15)16)1-2-5(6)9(11,12)13;/h1-3,7H,14H2,(H,15,16);1H. The van der Waals surface area contributed by atoms with Crippen LogP contribution in [-0.4, -0.2) is 11.1 Å². The van der Waals surface area contributed by atoms with Gasteiger partial charge in [0.1, 0.15) is 11.9 Å². The molecule has 1 rings (SSSR count). The van der Waals surface area contributed by atoms with Gasteiger partial charge in [-0.2, -0.15) is 13.2 Å². The van der Waals surface area contributed by atoms with Crippen molar-refractivity contribution in [1.29, 1.82) is 0 Å². The highest BCUT2D eigenvalue weighted by Gasteiger charge is 2.34. The van der Waals surface area contributed by atoms with Crippen LogP contribution in [0.25, 0.3) is 0 Å². The van der Waals surface area contributed by atoms with Gasteiger partial charge in [0.05, 0.1) is 5.56 Å². The molecule has 0 spiro atoms. The summed E-state index contributed by atoms with van der Waals surface area (Å²) in [6.45, 7) is 0. The van der Waals surface area contributed by atoms with Crippen LogP contribution >= 0.6 is 12.4 Å². The van der Waals surface area contributed by atoms with Gasteiger partial charge in [-0.25, -0.2) is 4.39 Å². The first-order chi connectivity index (χ1) is 7.23. The Labute approximate surface area is 99.6 Å². The second-order valence-corrected chi connectivity index (χ2v) is 3.05. The fourth-order valence-electron chi connectivity index (χ4n) is 1.10. The largest absolute Gasteiger partial charge is 0.480 e. The van der Waals surface area contributed by atoms with E-state index >= 15 is 0 Å². The van der Waals surface area contributed by atoms with Gasteiger partial charge in [-0.3, -0.25) is 4.79 Å². The van der Waals surface area contributed by atoms with Crippen molar-refractivity contribution in [1.82, 2.24) is 0 Å². The Morgan fingerprint density at radius 2 is 1.88 bits per heavy atom.